The van der Waals surface area contributed by atoms with Crippen molar-refractivity contribution in [2.75, 3.05) is 0 Å². The minimum atomic E-state index is -1.47. The number of allylic oxidation sites excluding steroid dienone is 3. The van der Waals surface area contributed by atoms with Crippen LogP contribution in [0, 0.1) is 17.8 Å². The molecule has 1 aliphatic rings. The second kappa shape index (κ2) is 3.90. The molecule has 0 saturated carbocycles. The number of hydrogen-bond donors (Lipinski definition) is 1. The van der Waals surface area contributed by atoms with Gasteiger partial charge in [-0.3, -0.25) is 4.79 Å². The molecule has 1 rings (SSSR count). The monoisotopic (exact) mass is 180 g/mol. The summed E-state index contributed by atoms with van der Waals surface area (Å²) >= 11 is 0. The highest BCUT2D eigenvalue weighted by atomic mass is 19.1. The fourth-order valence-corrected chi connectivity index (χ4v) is 1.00. The van der Waals surface area contributed by atoms with Crippen molar-refractivity contribution in [2.24, 2.45) is 5.92 Å². The molecule has 2 nitrogen and oxygen atoms in total. The fourth-order valence-electron chi connectivity index (χ4n) is 1.00. The number of carbonyl (C=O) groups is 1. The largest absolute Gasteiger partial charge is 0.481 e. The summed E-state index contributed by atoms with van der Waals surface area (Å²) in [5, 5.41) is 8.66. The average molecular weight is 180 g/mol. The van der Waals surface area contributed by atoms with E-state index in [2.05, 4.69) is 11.8 Å². The van der Waals surface area contributed by atoms with Crippen LogP contribution in [0.5, 0.6) is 0 Å². The zero-order valence-electron chi connectivity index (χ0n) is 7.12. The summed E-state index contributed by atoms with van der Waals surface area (Å²) in [6.45, 7) is 1.45. The van der Waals surface area contributed by atoms with Crippen LogP contribution in [0.2, 0.25) is 0 Å². The minimum Gasteiger partial charge on any atom is -0.481 e. The van der Waals surface area contributed by atoms with Gasteiger partial charge in [0.25, 0.3) is 0 Å². The summed E-state index contributed by atoms with van der Waals surface area (Å²) in [5.41, 5.74) is 0.203. The summed E-state index contributed by atoms with van der Waals surface area (Å²) < 4.78 is 13.2. The lowest BCUT2D eigenvalue weighted by molar-refractivity contribution is -0.140. The molecule has 0 spiro atoms. The van der Waals surface area contributed by atoms with Crippen molar-refractivity contribution >= 4 is 5.97 Å². The Morgan fingerprint density at radius 3 is 3.08 bits per heavy atom. The Balaban J connectivity index is 2.92. The minimum absolute atomic E-state index is 0.203. The first-order valence-electron chi connectivity index (χ1n) is 3.87. The molecule has 0 bridgehead atoms. The Bertz CT molecular complexity index is 331. The highest BCUT2D eigenvalue weighted by Crippen LogP contribution is 2.18. The predicted octanol–water partition coefficient (Wildman–Crippen LogP) is 1.54. The van der Waals surface area contributed by atoms with Gasteiger partial charge < -0.3 is 5.11 Å². The van der Waals surface area contributed by atoms with E-state index in [0.717, 1.165) is 0 Å². The van der Waals surface area contributed by atoms with Crippen molar-refractivity contribution in [3.05, 3.63) is 23.8 Å². The normalized spacial score (nSPS) is 22.3. The van der Waals surface area contributed by atoms with Crippen molar-refractivity contribution in [3.8, 4) is 11.8 Å². The van der Waals surface area contributed by atoms with E-state index in [-0.39, 0.29) is 5.57 Å². The molecule has 0 aromatic rings. The molecule has 2 atom stereocenters. The molecule has 0 aromatic heterocycles. The molecule has 13 heavy (non-hydrogen) atoms. The number of hydrogen-bond acceptors (Lipinski definition) is 1. The summed E-state index contributed by atoms with van der Waals surface area (Å²) in [5.74, 6) is 2.90. The molecule has 0 radical (unpaired) electrons. The molecule has 0 aliphatic heterocycles. The van der Waals surface area contributed by atoms with Gasteiger partial charge in [0.2, 0.25) is 0 Å². The highest BCUT2D eigenvalue weighted by Gasteiger charge is 2.22. The fraction of sp³-hybridized carbons (Fsp3) is 0.300. The maximum absolute atomic E-state index is 13.2. The van der Waals surface area contributed by atoms with Gasteiger partial charge in [-0.1, -0.05) is 24.0 Å². The molecule has 0 heterocycles. The number of carboxylic acid groups (broad SMARTS) is 1. The van der Waals surface area contributed by atoms with Crippen LogP contribution in [0.4, 0.5) is 4.39 Å². The van der Waals surface area contributed by atoms with E-state index in [4.69, 9.17) is 5.11 Å². The standard InChI is InChI=1S/C10H9FO2/c1-7(10(12)13)8-5-3-2-4-6-9(8)11/h2-3,5,7,9H,1H3,(H,12,13). The number of rotatable bonds is 2. The topological polar surface area (TPSA) is 37.3 Å². The number of halogens is 1. The Kier molecular flexibility index (Phi) is 2.86. The Morgan fingerprint density at radius 2 is 2.46 bits per heavy atom. The van der Waals surface area contributed by atoms with Gasteiger partial charge in [0.1, 0.15) is 0 Å². The summed E-state index contributed by atoms with van der Waals surface area (Å²) in [7, 11) is 0. The van der Waals surface area contributed by atoms with Crippen molar-refractivity contribution in [1.29, 1.82) is 0 Å². The lowest BCUT2D eigenvalue weighted by Gasteiger charge is -2.10. The van der Waals surface area contributed by atoms with E-state index in [9.17, 15) is 9.18 Å². The zero-order valence-corrected chi connectivity index (χ0v) is 7.12. The average Bonchev–Trinajstić information content (AvgIpc) is 2.28. The first-order chi connectivity index (χ1) is 6.13. The predicted molar refractivity (Wildman–Crippen MR) is 46.7 cm³/mol. The third-order valence-corrected chi connectivity index (χ3v) is 1.84. The molecular weight excluding hydrogens is 171 g/mol. The third-order valence-electron chi connectivity index (χ3n) is 1.84. The molecule has 0 aromatic carbocycles. The van der Waals surface area contributed by atoms with Crippen LogP contribution in [0.15, 0.2) is 23.8 Å². The molecule has 3 heteroatoms. The van der Waals surface area contributed by atoms with E-state index in [1.54, 1.807) is 6.08 Å². The first-order valence-corrected chi connectivity index (χ1v) is 3.87. The molecule has 0 amide bonds. The lowest BCUT2D eigenvalue weighted by atomic mass is 9.97. The summed E-state index contributed by atoms with van der Waals surface area (Å²) in [6, 6.07) is 0. The van der Waals surface area contributed by atoms with E-state index < -0.39 is 18.1 Å². The second-order valence-electron chi connectivity index (χ2n) is 2.74. The molecule has 1 N–H and O–H groups in total. The van der Waals surface area contributed by atoms with Crippen LogP contribution in [0.3, 0.4) is 0 Å². The van der Waals surface area contributed by atoms with E-state index in [1.165, 1.54) is 19.1 Å². The second-order valence-corrected chi connectivity index (χ2v) is 2.74. The van der Waals surface area contributed by atoms with Crippen molar-refractivity contribution < 1.29 is 14.3 Å². The zero-order chi connectivity index (χ0) is 9.84. The van der Waals surface area contributed by atoms with Gasteiger partial charge in [0.05, 0.1) is 5.92 Å². The van der Waals surface area contributed by atoms with Crippen LogP contribution < -0.4 is 0 Å². The molecule has 68 valence electrons. The van der Waals surface area contributed by atoms with Gasteiger partial charge in [-0.25, -0.2) is 4.39 Å². The van der Waals surface area contributed by atoms with Gasteiger partial charge in [-0.2, -0.15) is 0 Å². The number of aliphatic carboxylic acids is 1. The molecule has 0 fully saturated rings. The molecular formula is C10H9FO2. The Morgan fingerprint density at radius 1 is 1.77 bits per heavy atom. The van der Waals surface area contributed by atoms with Crippen LogP contribution in [0.1, 0.15) is 6.92 Å². The van der Waals surface area contributed by atoms with E-state index >= 15 is 0 Å². The van der Waals surface area contributed by atoms with E-state index in [0.29, 0.717) is 0 Å². The molecule has 1 aliphatic carbocycles. The third kappa shape index (κ3) is 2.19. The molecule has 2 unspecified atom stereocenters. The summed E-state index contributed by atoms with van der Waals surface area (Å²) in [6.07, 6.45) is 3.03. The number of carboxylic acids is 1. The van der Waals surface area contributed by atoms with Crippen molar-refractivity contribution in [1.82, 2.24) is 0 Å². The Hall–Kier alpha value is -1.56. The summed E-state index contributed by atoms with van der Waals surface area (Å²) in [4.78, 5) is 10.6. The lowest BCUT2D eigenvalue weighted by Crippen LogP contribution is -2.18. The highest BCUT2D eigenvalue weighted by molar-refractivity contribution is 5.74. The molecule has 0 saturated heterocycles. The maximum atomic E-state index is 13.2. The van der Waals surface area contributed by atoms with Gasteiger partial charge in [0, 0.05) is 0 Å². The van der Waals surface area contributed by atoms with Gasteiger partial charge in [0.15, 0.2) is 6.17 Å². The van der Waals surface area contributed by atoms with Crippen molar-refractivity contribution in [3.63, 3.8) is 0 Å². The van der Waals surface area contributed by atoms with Crippen LogP contribution in [-0.4, -0.2) is 17.2 Å². The van der Waals surface area contributed by atoms with Crippen LogP contribution in [0.25, 0.3) is 0 Å². The van der Waals surface area contributed by atoms with E-state index in [1.807, 2.05) is 0 Å². The maximum Gasteiger partial charge on any atom is 0.310 e. The smallest absolute Gasteiger partial charge is 0.310 e. The van der Waals surface area contributed by atoms with Gasteiger partial charge in [-0.05, 0) is 18.6 Å². The quantitative estimate of drug-likeness (QED) is 0.654. The first kappa shape index (κ1) is 9.53. The van der Waals surface area contributed by atoms with Crippen LogP contribution >= 0.6 is 0 Å². The Labute approximate surface area is 75.8 Å². The number of alkyl halides is 1. The van der Waals surface area contributed by atoms with Gasteiger partial charge in [-0.15, -0.1) is 0 Å². The SMILES string of the molecule is CC(C(=O)O)C1=CC=CC#CC1F. The van der Waals surface area contributed by atoms with Gasteiger partial charge >= 0.3 is 5.97 Å². The van der Waals surface area contributed by atoms with Crippen molar-refractivity contribution in [2.45, 2.75) is 13.1 Å². The van der Waals surface area contributed by atoms with Crippen LogP contribution in [-0.2, 0) is 4.79 Å².